The quantitative estimate of drug-likeness (QED) is 0.704. The second-order valence-corrected chi connectivity index (χ2v) is 9.99. The highest BCUT2D eigenvalue weighted by molar-refractivity contribution is 7.19. The van der Waals surface area contributed by atoms with Crippen LogP contribution in [0.15, 0.2) is 12.1 Å². The van der Waals surface area contributed by atoms with Gasteiger partial charge in [0.25, 0.3) is 5.91 Å². The number of thiophene rings is 1. The molecule has 1 aliphatic heterocycles. The minimum atomic E-state index is -0.935. The van der Waals surface area contributed by atoms with E-state index in [0.717, 1.165) is 42.3 Å². The number of rotatable bonds is 6. The maximum Gasteiger partial charge on any atom is 0.271 e. The molecule has 164 valence electrons. The van der Waals surface area contributed by atoms with Crippen molar-refractivity contribution in [3.63, 3.8) is 0 Å². The first-order valence-electron chi connectivity index (χ1n) is 11.2. The number of hydrogen-bond acceptors (Lipinski definition) is 4. The summed E-state index contributed by atoms with van der Waals surface area (Å²) in [5.74, 6) is -0.129. The number of fused-ring (bicyclic) bond motifs is 3. The number of aryl methyl sites for hydroxylation is 1. The summed E-state index contributed by atoms with van der Waals surface area (Å²) in [6, 6.07) is 4.37. The molecule has 1 fully saturated rings. The lowest BCUT2D eigenvalue weighted by atomic mass is 9.93. The van der Waals surface area contributed by atoms with Crippen LogP contribution in [0, 0.1) is 0 Å². The van der Waals surface area contributed by atoms with Gasteiger partial charge in [-0.3, -0.25) is 9.59 Å². The van der Waals surface area contributed by atoms with Crippen LogP contribution in [0.1, 0.15) is 67.7 Å². The van der Waals surface area contributed by atoms with E-state index < -0.39 is 5.54 Å². The van der Waals surface area contributed by atoms with Crippen molar-refractivity contribution in [2.75, 3.05) is 20.3 Å². The fraction of sp³-hybridized carbons (Fsp3) is 0.652. The number of carbonyl (C=O) groups is 2. The predicted octanol–water partition coefficient (Wildman–Crippen LogP) is 3.97. The highest BCUT2D eigenvalue weighted by atomic mass is 32.1. The molecule has 0 bridgehead atoms. The van der Waals surface area contributed by atoms with Gasteiger partial charge in [0.1, 0.15) is 11.2 Å². The highest BCUT2D eigenvalue weighted by Gasteiger charge is 2.48. The Hall–Kier alpha value is -1.86. The molecule has 2 amide bonds. The van der Waals surface area contributed by atoms with Crippen LogP contribution in [0.4, 0.5) is 0 Å². The van der Waals surface area contributed by atoms with Crippen molar-refractivity contribution in [3.8, 4) is 0 Å². The van der Waals surface area contributed by atoms with Gasteiger partial charge in [0, 0.05) is 24.6 Å². The third-order valence-corrected chi connectivity index (χ3v) is 7.93. The fourth-order valence-electron chi connectivity index (χ4n) is 4.86. The van der Waals surface area contributed by atoms with Gasteiger partial charge in [0.2, 0.25) is 5.91 Å². The zero-order valence-electron chi connectivity index (χ0n) is 18.3. The van der Waals surface area contributed by atoms with E-state index in [1.165, 1.54) is 17.7 Å². The Balaban J connectivity index is 1.68. The zero-order chi connectivity index (χ0) is 21.3. The number of amides is 2. The second-order valence-electron chi connectivity index (χ2n) is 8.82. The lowest BCUT2D eigenvalue weighted by molar-refractivity contribution is -0.134. The Bertz CT molecular complexity index is 926. The normalized spacial score (nSPS) is 22.9. The van der Waals surface area contributed by atoms with Crippen molar-refractivity contribution in [2.24, 2.45) is 0 Å². The lowest BCUT2D eigenvalue weighted by Gasteiger charge is -2.44. The van der Waals surface area contributed by atoms with Crippen LogP contribution in [-0.2, 0) is 22.5 Å². The molecule has 0 aromatic carbocycles. The molecule has 0 unspecified atom stereocenters. The van der Waals surface area contributed by atoms with Crippen LogP contribution in [0.5, 0.6) is 0 Å². The van der Waals surface area contributed by atoms with Gasteiger partial charge < -0.3 is 19.5 Å². The largest absolute Gasteiger partial charge is 0.383 e. The SMILES string of the molecule is CCc1cc2c(cc3n2C[C@](C)(C(=O)NC2CCCCCC2)N(CCOC)C3=O)s1. The van der Waals surface area contributed by atoms with E-state index >= 15 is 0 Å². The van der Waals surface area contributed by atoms with Crippen LogP contribution >= 0.6 is 11.3 Å². The minimum Gasteiger partial charge on any atom is -0.383 e. The van der Waals surface area contributed by atoms with E-state index in [9.17, 15) is 9.59 Å². The zero-order valence-corrected chi connectivity index (χ0v) is 19.1. The van der Waals surface area contributed by atoms with Crippen molar-refractivity contribution in [1.29, 1.82) is 0 Å². The molecule has 6 nitrogen and oxygen atoms in total. The molecular formula is C23H33N3O3S. The van der Waals surface area contributed by atoms with E-state index in [2.05, 4.69) is 22.9 Å². The smallest absolute Gasteiger partial charge is 0.271 e. The monoisotopic (exact) mass is 431 g/mol. The maximum atomic E-state index is 13.6. The van der Waals surface area contributed by atoms with Gasteiger partial charge >= 0.3 is 0 Å². The second kappa shape index (κ2) is 8.71. The molecule has 4 rings (SSSR count). The summed E-state index contributed by atoms with van der Waals surface area (Å²) < 4.78 is 8.44. The Morgan fingerprint density at radius 3 is 2.67 bits per heavy atom. The van der Waals surface area contributed by atoms with E-state index in [1.54, 1.807) is 23.3 Å². The Morgan fingerprint density at radius 1 is 1.27 bits per heavy atom. The van der Waals surface area contributed by atoms with Gasteiger partial charge in [-0.05, 0) is 38.3 Å². The van der Waals surface area contributed by atoms with Gasteiger partial charge in [-0.25, -0.2) is 0 Å². The molecule has 2 aromatic rings. The Morgan fingerprint density at radius 2 is 2.00 bits per heavy atom. The summed E-state index contributed by atoms with van der Waals surface area (Å²) in [5, 5.41) is 3.30. The number of methoxy groups -OCH3 is 1. The topological polar surface area (TPSA) is 63.6 Å². The molecule has 2 aromatic heterocycles. The summed E-state index contributed by atoms with van der Waals surface area (Å²) in [6.07, 6.45) is 7.82. The number of ether oxygens (including phenoxy) is 1. The van der Waals surface area contributed by atoms with Crippen LogP contribution in [0.3, 0.4) is 0 Å². The first-order chi connectivity index (χ1) is 14.5. The molecule has 1 N–H and O–H groups in total. The summed E-state index contributed by atoms with van der Waals surface area (Å²) in [6.45, 7) is 5.34. The van der Waals surface area contributed by atoms with Crippen molar-refractivity contribution < 1.29 is 14.3 Å². The van der Waals surface area contributed by atoms with Crippen molar-refractivity contribution >= 4 is 33.4 Å². The first kappa shape index (κ1) is 21.4. The van der Waals surface area contributed by atoms with Crippen molar-refractivity contribution in [3.05, 3.63) is 22.7 Å². The van der Waals surface area contributed by atoms with Crippen LogP contribution < -0.4 is 5.32 Å². The number of hydrogen-bond donors (Lipinski definition) is 1. The summed E-state index contributed by atoms with van der Waals surface area (Å²) in [5.41, 5.74) is 0.810. The minimum absolute atomic E-state index is 0.0442. The van der Waals surface area contributed by atoms with E-state index in [0.29, 0.717) is 25.4 Å². The molecule has 30 heavy (non-hydrogen) atoms. The van der Waals surface area contributed by atoms with Crippen molar-refractivity contribution in [1.82, 2.24) is 14.8 Å². The third kappa shape index (κ3) is 3.78. The number of nitrogens with one attached hydrogen (secondary N) is 1. The number of nitrogens with zero attached hydrogens (tertiary/aromatic N) is 2. The summed E-state index contributed by atoms with van der Waals surface area (Å²) in [4.78, 5) is 30.1. The molecule has 2 aliphatic rings. The lowest BCUT2D eigenvalue weighted by Crippen LogP contribution is -2.65. The fourth-order valence-corrected chi connectivity index (χ4v) is 5.90. The summed E-state index contributed by atoms with van der Waals surface area (Å²) >= 11 is 1.73. The average molecular weight is 432 g/mol. The molecule has 0 radical (unpaired) electrons. The van der Waals surface area contributed by atoms with Gasteiger partial charge in [0.05, 0.1) is 23.4 Å². The molecule has 1 saturated carbocycles. The van der Waals surface area contributed by atoms with Gasteiger partial charge in [-0.15, -0.1) is 11.3 Å². The predicted molar refractivity (Wildman–Crippen MR) is 120 cm³/mol. The molecule has 3 heterocycles. The first-order valence-corrected chi connectivity index (χ1v) is 12.0. The Kier molecular flexibility index (Phi) is 6.21. The van der Waals surface area contributed by atoms with Gasteiger partial charge in [-0.1, -0.05) is 32.6 Å². The number of aromatic nitrogens is 1. The Labute approximate surface area is 182 Å². The summed E-state index contributed by atoms with van der Waals surface area (Å²) in [7, 11) is 1.63. The third-order valence-electron chi connectivity index (χ3n) is 6.71. The van der Waals surface area contributed by atoms with Crippen LogP contribution in [0.25, 0.3) is 10.2 Å². The molecule has 7 heteroatoms. The maximum absolute atomic E-state index is 13.6. The molecule has 0 saturated heterocycles. The van der Waals surface area contributed by atoms with Gasteiger partial charge in [-0.2, -0.15) is 0 Å². The molecular weight excluding hydrogens is 398 g/mol. The van der Waals surface area contributed by atoms with E-state index in [4.69, 9.17) is 4.74 Å². The standard InChI is InChI=1S/C23H33N3O3S/c1-4-17-13-18-20(30-17)14-19-21(27)26(11-12-29-3)23(2,15-25(18)19)22(28)24-16-9-7-5-6-8-10-16/h13-14,16H,4-12,15H2,1-3H3,(H,24,28)/t23-/m1/s1. The highest BCUT2D eigenvalue weighted by Crippen LogP contribution is 2.36. The molecule has 1 aliphatic carbocycles. The number of carbonyl (C=O) groups excluding carboxylic acids is 2. The van der Waals surface area contributed by atoms with Crippen LogP contribution in [0.2, 0.25) is 0 Å². The van der Waals surface area contributed by atoms with Crippen molar-refractivity contribution in [2.45, 2.75) is 76.9 Å². The molecule has 0 spiro atoms. The van der Waals surface area contributed by atoms with E-state index in [1.807, 2.05) is 13.0 Å². The molecule has 1 atom stereocenters. The van der Waals surface area contributed by atoms with E-state index in [-0.39, 0.29) is 17.9 Å². The van der Waals surface area contributed by atoms with Gasteiger partial charge in [0.15, 0.2) is 0 Å². The average Bonchev–Trinajstić information content (AvgIpc) is 3.17. The van der Waals surface area contributed by atoms with Crippen LogP contribution in [-0.4, -0.2) is 53.1 Å².